The van der Waals surface area contributed by atoms with Crippen LogP contribution in [0.4, 0.5) is 0 Å². The van der Waals surface area contributed by atoms with E-state index in [1.54, 1.807) is 0 Å². The molecule has 93 heavy (non-hydrogen) atoms. The van der Waals surface area contributed by atoms with Gasteiger partial charge in [-0.3, -0.25) is 37.3 Å². The van der Waals surface area contributed by atoms with Gasteiger partial charge in [-0.15, -0.1) is 0 Å². The molecule has 0 radical (unpaired) electrons. The van der Waals surface area contributed by atoms with Crippen molar-refractivity contribution in [3.05, 3.63) is 24.3 Å². The second kappa shape index (κ2) is 66.8. The van der Waals surface area contributed by atoms with Crippen LogP contribution in [0.2, 0.25) is 0 Å². The third-order valence-corrected chi connectivity index (χ3v) is 18.9. The Balaban J connectivity index is 5.28. The molecule has 0 saturated carbocycles. The van der Waals surface area contributed by atoms with Crippen LogP contribution >= 0.6 is 15.6 Å². The van der Waals surface area contributed by atoms with Gasteiger partial charge in [0.05, 0.1) is 26.4 Å². The van der Waals surface area contributed by atoms with E-state index in [-0.39, 0.29) is 25.7 Å². The number of carbonyl (C=O) groups is 4. The second-order valence-electron chi connectivity index (χ2n) is 26.2. The number of phosphoric acid groups is 2. The molecule has 0 aromatic rings. The van der Waals surface area contributed by atoms with Crippen LogP contribution in [0.25, 0.3) is 0 Å². The van der Waals surface area contributed by atoms with Crippen molar-refractivity contribution in [1.82, 2.24) is 0 Å². The Morgan fingerprint density at radius 1 is 0.344 bits per heavy atom. The number of rotatable bonds is 72. The number of ether oxygens (including phenoxy) is 4. The highest BCUT2D eigenvalue weighted by Gasteiger charge is 2.30. The average Bonchev–Trinajstić information content (AvgIpc) is 1.83. The molecular weight excluding hydrogens is 1220 g/mol. The first kappa shape index (κ1) is 90.5. The molecule has 0 aromatic carbocycles. The molecule has 0 amide bonds. The van der Waals surface area contributed by atoms with E-state index >= 15 is 0 Å². The molecule has 0 rings (SSSR count). The molecule has 0 aliphatic carbocycles. The first-order valence-corrected chi connectivity index (χ1v) is 41.0. The van der Waals surface area contributed by atoms with Crippen molar-refractivity contribution in [3.63, 3.8) is 0 Å². The fourth-order valence-electron chi connectivity index (χ4n) is 10.8. The molecule has 19 heteroatoms. The summed E-state index contributed by atoms with van der Waals surface area (Å²) in [6, 6.07) is 0. The largest absolute Gasteiger partial charge is 0.472 e. The van der Waals surface area contributed by atoms with Gasteiger partial charge in [0.15, 0.2) is 12.2 Å². The minimum Gasteiger partial charge on any atom is -0.462 e. The van der Waals surface area contributed by atoms with Crippen LogP contribution in [0.15, 0.2) is 24.3 Å². The topological polar surface area (TPSA) is 237 Å². The van der Waals surface area contributed by atoms with Crippen molar-refractivity contribution in [3.8, 4) is 0 Å². The monoisotopic (exact) mass is 1360 g/mol. The Morgan fingerprint density at radius 3 is 0.914 bits per heavy atom. The molecule has 0 aliphatic rings. The van der Waals surface area contributed by atoms with Crippen molar-refractivity contribution in [2.45, 2.75) is 380 Å². The number of allylic oxidation sites excluding steroid dienone is 4. The third-order valence-electron chi connectivity index (χ3n) is 17.0. The maximum absolute atomic E-state index is 13.1. The molecule has 0 aliphatic heterocycles. The van der Waals surface area contributed by atoms with E-state index in [4.69, 9.17) is 37.0 Å². The molecule has 6 atom stereocenters. The van der Waals surface area contributed by atoms with Gasteiger partial charge in [-0.05, 0) is 57.3 Å². The predicted octanol–water partition coefficient (Wildman–Crippen LogP) is 21.2. The molecule has 0 saturated heterocycles. The number of aliphatic hydroxyl groups is 1. The number of phosphoric ester groups is 2. The fourth-order valence-corrected chi connectivity index (χ4v) is 12.4. The molecule has 0 spiro atoms. The average molecular weight is 1360 g/mol. The number of aliphatic hydroxyl groups excluding tert-OH is 1. The van der Waals surface area contributed by atoms with Crippen LogP contribution in [-0.4, -0.2) is 96.7 Å². The van der Waals surface area contributed by atoms with Crippen LogP contribution in [0.3, 0.4) is 0 Å². The summed E-state index contributed by atoms with van der Waals surface area (Å²) in [4.78, 5) is 72.7. The molecule has 0 heterocycles. The Hall–Kier alpha value is -2.46. The van der Waals surface area contributed by atoms with Crippen molar-refractivity contribution >= 4 is 39.5 Å². The molecule has 3 unspecified atom stereocenters. The van der Waals surface area contributed by atoms with E-state index in [0.717, 1.165) is 121 Å². The summed E-state index contributed by atoms with van der Waals surface area (Å²) in [6.07, 6.45) is 57.6. The SMILES string of the molecule is CCCCCC/C=C\C=C/CCCCCCCC(=O)OC[C@H](COP(=O)(O)OC[C@@H](O)COP(=O)(O)OC[C@@H](COC(=O)CCCCCCCCC(C)CC)OC(=O)CCCCCCCCCCCCCC)OC(=O)CCCCCCCCCCCCCCCCCC. The van der Waals surface area contributed by atoms with E-state index < -0.39 is 97.5 Å². The van der Waals surface area contributed by atoms with E-state index in [1.165, 1.54) is 161 Å². The summed E-state index contributed by atoms with van der Waals surface area (Å²) in [7, 11) is -9.92. The van der Waals surface area contributed by atoms with Crippen LogP contribution in [0.5, 0.6) is 0 Å². The van der Waals surface area contributed by atoms with Crippen LogP contribution in [-0.2, 0) is 65.4 Å². The fraction of sp³-hybridized carbons (Fsp3) is 0.892. The lowest BCUT2D eigenvalue weighted by molar-refractivity contribution is -0.161. The molecule has 3 N–H and O–H groups in total. The summed E-state index contributed by atoms with van der Waals surface area (Å²) in [5.41, 5.74) is 0. The van der Waals surface area contributed by atoms with E-state index in [2.05, 4.69) is 58.9 Å². The van der Waals surface area contributed by atoms with Gasteiger partial charge in [0, 0.05) is 25.7 Å². The first-order chi connectivity index (χ1) is 45.1. The minimum atomic E-state index is -4.96. The molecule has 0 aromatic heterocycles. The van der Waals surface area contributed by atoms with Gasteiger partial charge in [-0.2, -0.15) is 0 Å². The molecule has 0 fully saturated rings. The highest BCUT2D eigenvalue weighted by molar-refractivity contribution is 7.47. The first-order valence-electron chi connectivity index (χ1n) is 38.0. The number of hydrogen-bond acceptors (Lipinski definition) is 15. The van der Waals surface area contributed by atoms with Crippen LogP contribution in [0, 0.1) is 5.92 Å². The van der Waals surface area contributed by atoms with Gasteiger partial charge in [0.2, 0.25) is 0 Å². The highest BCUT2D eigenvalue weighted by atomic mass is 31.2. The van der Waals surface area contributed by atoms with Crippen molar-refractivity contribution in [2.24, 2.45) is 5.92 Å². The van der Waals surface area contributed by atoms with Gasteiger partial charge in [-0.1, -0.05) is 309 Å². The molecule has 17 nitrogen and oxygen atoms in total. The number of unbranched alkanes of at least 4 members (excludes halogenated alkanes) is 40. The zero-order valence-corrected chi connectivity index (χ0v) is 61.7. The lowest BCUT2D eigenvalue weighted by atomic mass is 10.00. The normalized spacial score (nSPS) is 14.5. The maximum atomic E-state index is 13.1. The lowest BCUT2D eigenvalue weighted by Crippen LogP contribution is -2.30. The molecule has 0 bridgehead atoms. The van der Waals surface area contributed by atoms with E-state index in [1.807, 2.05) is 0 Å². The smallest absolute Gasteiger partial charge is 0.462 e. The minimum absolute atomic E-state index is 0.101. The zero-order chi connectivity index (χ0) is 68.4. The maximum Gasteiger partial charge on any atom is 0.472 e. The zero-order valence-electron chi connectivity index (χ0n) is 59.9. The summed E-state index contributed by atoms with van der Waals surface area (Å²) in [5, 5.41) is 10.6. The summed E-state index contributed by atoms with van der Waals surface area (Å²) in [5.74, 6) is -1.42. The molecule has 548 valence electrons. The lowest BCUT2D eigenvalue weighted by Gasteiger charge is -2.21. The standard InChI is InChI=1S/C74H140O17P2/c1-6-10-13-16-19-22-25-28-30-32-34-37-40-43-50-55-60-74(79)90-69(63-84-71(76)57-52-47-41-38-36-33-31-29-26-23-20-17-14-11-7-2)65-88-92(80,81)86-61-68(75)62-87-93(82,83)89-66-70(64-85-72(77)58-53-48-45-44-46-51-56-67(5)9-4)91-73(78)59-54-49-42-39-35-27-24-21-18-15-12-8-3/h23,26,29,31,67-70,75H,6-22,24-25,27-28,30,32-66H2,1-5H3,(H,80,81)(H,82,83)/b26-23-,31-29-/t67?,68-,69-,70-/m1/s1. The van der Waals surface area contributed by atoms with E-state index in [0.29, 0.717) is 25.7 Å². The number of hydrogen-bond donors (Lipinski definition) is 3. The van der Waals surface area contributed by atoms with Crippen molar-refractivity contribution < 1.29 is 80.2 Å². The van der Waals surface area contributed by atoms with Gasteiger partial charge in [0.1, 0.15) is 19.3 Å². The highest BCUT2D eigenvalue weighted by Crippen LogP contribution is 2.45. The second-order valence-corrected chi connectivity index (χ2v) is 29.1. The van der Waals surface area contributed by atoms with Crippen LogP contribution in [0.1, 0.15) is 362 Å². The summed E-state index contributed by atoms with van der Waals surface area (Å²) >= 11 is 0. The van der Waals surface area contributed by atoms with Gasteiger partial charge < -0.3 is 33.8 Å². The van der Waals surface area contributed by atoms with E-state index in [9.17, 15) is 43.2 Å². The van der Waals surface area contributed by atoms with Crippen LogP contribution < -0.4 is 0 Å². The Kier molecular flexibility index (Phi) is 65.0. The van der Waals surface area contributed by atoms with Gasteiger partial charge >= 0.3 is 39.5 Å². The number of carbonyl (C=O) groups excluding carboxylic acids is 4. The Labute approximate surface area is 567 Å². The summed E-state index contributed by atoms with van der Waals surface area (Å²) in [6.45, 7) is 7.17. The van der Waals surface area contributed by atoms with Crippen molar-refractivity contribution in [1.29, 1.82) is 0 Å². The Bertz CT molecular complexity index is 1880. The van der Waals surface area contributed by atoms with Gasteiger partial charge in [0.25, 0.3) is 0 Å². The third kappa shape index (κ3) is 66.6. The Morgan fingerprint density at radius 2 is 0.602 bits per heavy atom. The predicted molar refractivity (Wildman–Crippen MR) is 377 cm³/mol. The molecular formula is C74H140O17P2. The quantitative estimate of drug-likeness (QED) is 0.0169. The van der Waals surface area contributed by atoms with Crippen molar-refractivity contribution in [2.75, 3.05) is 39.6 Å². The summed E-state index contributed by atoms with van der Waals surface area (Å²) < 4.78 is 68.4. The number of esters is 4. The van der Waals surface area contributed by atoms with Gasteiger partial charge in [-0.25, -0.2) is 9.13 Å².